The van der Waals surface area contributed by atoms with Gasteiger partial charge in [-0.2, -0.15) is 0 Å². The topological polar surface area (TPSA) is 98.4 Å². The first-order valence-electron chi connectivity index (χ1n) is 8.24. The molecular weight excluding hydrogens is 339 g/mol. The number of methoxy groups -OCH3 is 1. The predicted molar refractivity (Wildman–Crippen MR) is 92.8 cm³/mol. The fourth-order valence-electron chi connectivity index (χ4n) is 3.08. The molecule has 0 spiro atoms. The van der Waals surface area contributed by atoms with Gasteiger partial charge in [0.05, 0.1) is 19.5 Å². The Balaban J connectivity index is 1.78. The normalized spacial score (nSPS) is 17.0. The highest BCUT2D eigenvalue weighted by molar-refractivity contribution is 5.98. The predicted octanol–water partition coefficient (Wildman–Crippen LogP) is 1.82. The van der Waals surface area contributed by atoms with E-state index in [2.05, 4.69) is 9.97 Å². The molecule has 1 aliphatic rings. The zero-order valence-electron chi connectivity index (χ0n) is 14.3. The van der Waals surface area contributed by atoms with Gasteiger partial charge in [0.15, 0.2) is 17.3 Å². The maximum atomic E-state index is 13.9. The van der Waals surface area contributed by atoms with Gasteiger partial charge in [-0.25, -0.2) is 9.37 Å². The van der Waals surface area contributed by atoms with Crippen molar-refractivity contribution in [2.24, 2.45) is 11.7 Å². The number of amides is 1. The van der Waals surface area contributed by atoms with Crippen LogP contribution in [0.25, 0.3) is 0 Å². The molecule has 1 aliphatic heterocycles. The van der Waals surface area contributed by atoms with E-state index in [0.717, 1.165) is 6.42 Å². The van der Waals surface area contributed by atoms with Crippen molar-refractivity contribution in [3.05, 3.63) is 47.7 Å². The number of carbonyl (C=O) groups excluding carboxylic acids is 2. The first-order valence-corrected chi connectivity index (χ1v) is 8.24. The van der Waals surface area contributed by atoms with Gasteiger partial charge in [0.1, 0.15) is 11.5 Å². The van der Waals surface area contributed by atoms with Gasteiger partial charge in [0, 0.05) is 24.6 Å². The first-order chi connectivity index (χ1) is 12.5. The van der Waals surface area contributed by atoms with Crippen molar-refractivity contribution in [3.63, 3.8) is 0 Å². The number of rotatable bonds is 5. The molecule has 2 aromatic rings. The minimum absolute atomic E-state index is 0.0770. The largest absolute Gasteiger partial charge is 0.494 e. The Hall–Kier alpha value is -3.03. The van der Waals surface area contributed by atoms with E-state index >= 15 is 0 Å². The summed E-state index contributed by atoms with van der Waals surface area (Å²) in [4.78, 5) is 34.1. The number of primary amides is 1. The summed E-state index contributed by atoms with van der Waals surface area (Å²) in [6.07, 6.45) is 4.31. The Morgan fingerprint density at radius 1 is 1.35 bits per heavy atom. The maximum Gasteiger partial charge on any atom is 0.268 e. The van der Waals surface area contributed by atoms with Crippen LogP contribution in [0, 0.1) is 11.7 Å². The monoisotopic (exact) mass is 358 g/mol. The number of nitrogens with two attached hydrogens (primary N) is 1. The number of aromatic nitrogens is 2. The number of hydrogen-bond acceptors (Lipinski definition) is 6. The number of nitrogens with zero attached hydrogens (tertiary/aromatic N) is 3. The highest BCUT2D eigenvalue weighted by atomic mass is 19.1. The van der Waals surface area contributed by atoms with Gasteiger partial charge in [-0.3, -0.25) is 14.6 Å². The summed E-state index contributed by atoms with van der Waals surface area (Å²) in [6, 6.07) is 4.22. The molecule has 2 heterocycles. The molecule has 8 heteroatoms. The van der Waals surface area contributed by atoms with Crippen molar-refractivity contribution in [2.75, 3.05) is 25.1 Å². The number of Topliss-reactive ketones (excluding diaryl/α,β-unsaturated/α-hetero) is 1. The van der Waals surface area contributed by atoms with E-state index in [1.165, 1.54) is 31.6 Å². The number of carbonyl (C=O) groups is 2. The molecule has 3 rings (SSSR count). The summed E-state index contributed by atoms with van der Waals surface area (Å²) >= 11 is 0. The van der Waals surface area contributed by atoms with Gasteiger partial charge in [-0.05, 0) is 31.0 Å². The molecule has 2 N–H and O–H groups in total. The summed E-state index contributed by atoms with van der Waals surface area (Å²) in [5, 5.41) is 0. The molecule has 26 heavy (non-hydrogen) atoms. The second kappa shape index (κ2) is 7.47. The van der Waals surface area contributed by atoms with Gasteiger partial charge >= 0.3 is 0 Å². The minimum atomic E-state index is -0.655. The molecule has 1 aromatic carbocycles. The molecule has 0 aliphatic carbocycles. The Morgan fingerprint density at radius 2 is 2.15 bits per heavy atom. The third-order valence-corrected chi connectivity index (χ3v) is 4.43. The van der Waals surface area contributed by atoms with Crippen molar-refractivity contribution < 1.29 is 18.7 Å². The van der Waals surface area contributed by atoms with Gasteiger partial charge in [0.25, 0.3) is 5.91 Å². The summed E-state index contributed by atoms with van der Waals surface area (Å²) in [7, 11) is 1.38. The molecule has 0 radical (unpaired) electrons. The van der Waals surface area contributed by atoms with Crippen LogP contribution < -0.4 is 15.4 Å². The van der Waals surface area contributed by atoms with Crippen molar-refractivity contribution in [1.82, 2.24) is 9.97 Å². The van der Waals surface area contributed by atoms with E-state index in [-0.39, 0.29) is 23.1 Å². The molecule has 0 bridgehead atoms. The highest BCUT2D eigenvalue weighted by Gasteiger charge is 2.28. The number of ketones is 1. The van der Waals surface area contributed by atoms with E-state index in [1.807, 2.05) is 4.90 Å². The van der Waals surface area contributed by atoms with E-state index in [4.69, 9.17) is 10.5 Å². The standard InChI is InChI=1S/C18H19FN4O3/c1-26-15-5-4-11(7-13(15)19)17(24)12-3-2-6-23(10-12)16-9-21-8-14(22-16)18(20)25/h4-5,7-9,12H,2-3,6,10H2,1H3,(H2,20,25). The number of ether oxygens (including phenoxy) is 1. The van der Waals surface area contributed by atoms with E-state index in [1.54, 1.807) is 6.07 Å². The summed E-state index contributed by atoms with van der Waals surface area (Å²) in [6.45, 7) is 1.11. The Kier molecular flexibility index (Phi) is 5.11. The summed E-state index contributed by atoms with van der Waals surface area (Å²) < 4.78 is 18.8. The highest BCUT2D eigenvalue weighted by Crippen LogP contribution is 2.26. The van der Waals surface area contributed by atoms with Crippen LogP contribution in [0.5, 0.6) is 5.75 Å². The van der Waals surface area contributed by atoms with Crippen LogP contribution in [0.2, 0.25) is 0 Å². The first kappa shape index (κ1) is 17.8. The third kappa shape index (κ3) is 3.63. The Labute approximate surface area is 150 Å². The smallest absolute Gasteiger partial charge is 0.268 e. The van der Waals surface area contributed by atoms with Crippen molar-refractivity contribution in [2.45, 2.75) is 12.8 Å². The summed E-state index contributed by atoms with van der Waals surface area (Å²) in [5.74, 6) is -1.04. The maximum absolute atomic E-state index is 13.9. The number of anilines is 1. The van der Waals surface area contributed by atoms with E-state index < -0.39 is 11.7 Å². The average molecular weight is 358 g/mol. The zero-order chi connectivity index (χ0) is 18.7. The van der Waals surface area contributed by atoms with Crippen LogP contribution >= 0.6 is 0 Å². The molecule has 1 fully saturated rings. The lowest BCUT2D eigenvalue weighted by molar-refractivity contribution is 0.0905. The van der Waals surface area contributed by atoms with Crippen LogP contribution in [0.3, 0.4) is 0 Å². The van der Waals surface area contributed by atoms with Crippen LogP contribution in [0.4, 0.5) is 10.2 Å². The van der Waals surface area contributed by atoms with Gasteiger partial charge < -0.3 is 15.4 Å². The van der Waals surface area contributed by atoms with Crippen LogP contribution in [0.15, 0.2) is 30.6 Å². The summed E-state index contributed by atoms with van der Waals surface area (Å²) in [5.41, 5.74) is 5.63. The molecule has 1 atom stereocenters. The third-order valence-electron chi connectivity index (χ3n) is 4.43. The average Bonchev–Trinajstić information content (AvgIpc) is 2.67. The number of piperidine rings is 1. The second-order valence-corrected chi connectivity index (χ2v) is 6.13. The lowest BCUT2D eigenvalue weighted by Crippen LogP contribution is -2.39. The van der Waals surface area contributed by atoms with Gasteiger partial charge in [0.2, 0.25) is 0 Å². The lowest BCUT2D eigenvalue weighted by Gasteiger charge is -2.32. The van der Waals surface area contributed by atoms with Crippen LogP contribution in [-0.4, -0.2) is 41.9 Å². The van der Waals surface area contributed by atoms with Crippen molar-refractivity contribution in [3.8, 4) is 5.75 Å². The fourth-order valence-corrected chi connectivity index (χ4v) is 3.08. The van der Waals surface area contributed by atoms with Crippen LogP contribution in [0.1, 0.15) is 33.7 Å². The molecule has 1 amide bonds. The van der Waals surface area contributed by atoms with Crippen molar-refractivity contribution in [1.29, 1.82) is 0 Å². The van der Waals surface area contributed by atoms with Gasteiger partial charge in [-0.1, -0.05) is 0 Å². The lowest BCUT2D eigenvalue weighted by atomic mass is 9.90. The molecule has 136 valence electrons. The van der Waals surface area contributed by atoms with Crippen molar-refractivity contribution >= 4 is 17.5 Å². The Bertz CT molecular complexity index is 843. The quantitative estimate of drug-likeness (QED) is 0.819. The van der Waals surface area contributed by atoms with Gasteiger partial charge in [-0.15, -0.1) is 0 Å². The zero-order valence-corrected chi connectivity index (χ0v) is 14.3. The second-order valence-electron chi connectivity index (χ2n) is 6.13. The fraction of sp³-hybridized carbons (Fsp3) is 0.333. The minimum Gasteiger partial charge on any atom is -0.494 e. The SMILES string of the molecule is COc1ccc(C(=O)C2CCCN(c3cncc(C(N)=O)n3)C2)cc1F. The Morgan fingerprint density at radius 3 is 2.85 bits per heavy atom. The number of benzene rings is 1. The molecule has 1 aromatic heterocycles. The number of halogens is 1. The molecular formula is C18H19FN4O3. The molecule has 1 saturated heterocycles. The molecule has 0 saturated carbocycles. The van der Waals surface area contributed by atoms with E-state index in [0.29, 0.717) is 30.9 Å². The molecule has 1 unspecified atom stereocenters. The molecule has 7 nitrogen and oxygen atoms in total. The van der Waals surface area contributed by atoms with E-state index in [9.17, 15) is 14.0 Å². The van der Waals surface area contributed by atoms with Crippen LogP contribution in [-0.2, 0) is 0 Å². The number of hydrogen-bond donors (Lipinski definition) is 1.